The molecule has 9 heteroatoms. The van der Waals surface area contributed by atoms with Crippen LogP contribution in [-0.4, -0.2) is 45.2 Å². The fourth-order valence-electron chi connectivity index (χ4n) is 4.08. The summed E-state index contributed by atoms with van der Waals surface area (Å²) in [5, 5.41) is 17.1. The topological polar surface area (TPSA) is 92.6 Å². The zero-order valence-electron chi connectivity index (χ0n) is 19.2. The lowest BCUT2D eigenvalue weighted by atomic mass is 10.1. The van der Waals surface area contributed by atoms with Gasteiger partial charge in [-0.2, -0.15) is 0 Å². The molecule has 0 amide bonds. The number of methoxy groups -OCH3 is 1. The second-order valence-electron chi connectivity index (χ2n) is 8.37. The maximum Gasteiger partial charge on any atom is 0.163 e. The van der Waals surface area contributed by atoms with Crippen molar-refractivity contribution in [3.05, 3.63) is 58.3 Å². The summed E-state index contributed by atoms with van der Waals surface area (Å²) in [5.41, 5.74) is 3.25. The molecule has 1 fully saturated rings. The Morgan fingerprint density at radius 1 is 1.12 bits per heavy atom. The monoisotopic (exact) mass is 477 g/mol. The zero-order valence-corrected chi connectivity index (χ0v) is 20.1. The van der Waals surface area contributed by atoms with Crippen molar-refractivity contribution in [3.63, 3.8) is 0 Å². The number of anilines is 2. The Labute approximate surface area is 202 Å². The smallest absolute Gasteiger partial charge is 0.163 e. The lowest BCUT2D eigenvalue weighted by Gasteiger charge is -2.14. The number of nitrogens with zero attached hydrogens (tertiary/aromatic N) is 4. The Kier molecular flexibility index (Phi) is 6.46. The molecule has 4 aromatic rings. The van der Waals surface area contributed by atoms with Crippen molar-refractivity contribution in [2.75, 3.05) is 25.5 Å². The van der Waals surface area contributed by atoms with Crippen molar-refractivity contribution in [2.24, 2.45) is 0 Å². The van der Waals surface area contributed by atoms with Crippen LogP contribution in [0.2, 0.25) is 0 Å². The Bertz CT molecular complexity index is 1300. The molecule has 0 aliphatic carbocycles. The molecule has 0 atom stereocenters. The van der Waals surface area contributed by atoms with Gasteiger partial charge in [-0.3, -0.25) is 4.90 Å². The lowest BCUT2D eigenvalue weighted by Crippen LogP contribution is -2.18. The summed E-state index contributed by atoms with van der Waals surface area (Å²) < 4.78 is 11.7. The van der Waals surface area contributed by atoms with E-state index in [-0.39, 0.29) is 5.75 Å². The van der Waals surface area contributed by atoms with Crippen molar-refractivity contribution in [3.8, 4) is 17.2 Å². The van der Waals surface area contributed by atoms with Gasteiger partial charge < -0.3 is 19.9 Å². The van der Waals surface area contributed by atoms with Crippen LogP contribution in [0.1, 0.15) is 29.1 Å². The van der Waals surface area contributed by atoms with Gasteiger partial charge in [0.25, 0.3) is 0 Å². The quantitative estimate of drug-likeness (QED) is 0.342. The number of aryl methyl sites for hydroxylation is 1. The molecule has 2 aromatic heterocycles. The third kappa shape index (κ3) is 4.90. The number of ether oxygens (including phenoxy) is 2. The van der Waals surface area contributed by atoms with Crippen LogP contribution >= 0.6 is 11.3 Å². The van der Waals surface area contributed by atoms with Crippen molar-refractivity contribution in [1.82, 2.24) is 19.9 Å². The molecule has 1 aliphatic rings. The number of fused-ring (bicyclic) bond motifs is 1. The second kappa shape index (κ2) is 9.82. The summed E-state index contributed by atoms with van der Waals surface area (Å²) in [5.74, 6) is 2.10. The predicted octanol–water partition coefficient (Wildman–Crippen LogP) is 5.03. The number of aromatic nitrogens is 3. The molecule has 3 heterocycles. The van der Waals surface area contributed by atoms with Crippen LogP contribution in [0.15, 0.2) is 42.0 Å². The van der Waals surface area contributed by atoms with Gasteiger partial charge in [0, 0.05) is 22.5 Å². The van der Waals surface area contributed by atoms with Gasteiger partial charge in [0.15, 0.2) is 11.5 Å². The molecule has 34 heavy (non-hydrogen) atoms. The van der Waals surface area contributed by atoms with Gasteiger partial charge >= 0.3 is 0 Å². The molecule has 2 aromatic carbocycles. The molecular formula is C25H27N5O3S. The van der Waals surface area contributed by atoms with Gasteiger partial charge in [-0.15, -0.1) is 11.3 Å². The molecular weight excluding hydrogens is 450 g/mol. The minimum Gasteiger partial charge on any atom is -0.508 e. The van der Waals surface area contributed by atoms with Gasteiger partial charge in [0.05, 0.1) is 24.9 Å². The number of benzene rings is 2. The average molecular weight is 478 g/mol. The highest BCUT2D eigenvalue weighted by Gasteiger charge is 2.15. The maximum absolute atomic E-state index is 9.79. The highest BCUT2D eigenvalue weighted by atomic mass is 32.1. The Morgan fingerprint density at radius 3 is 2.76 bits per heavy atom. The minimum atomic E-state index is 0.254. The van der Waals surface area contributed by atoms with Crippen LogP contribution in [0.25, 0.3) is 10.9 Å². The number of phenolic OH excluding ortho intramolecular Hbond substituents is 1. The number of aromatic hydroxyl groups is 1. The Balaban J connectivity index is 1.34. The van der Waals surface area contributed by atoms with Crippen LogP contribution < -0.4 is 14.8 Å². The van der Waals surface area contributed by atoms with Gasteiger partial charge in [-0.1, -0.05) is 0 Å². The first-order chi connectivity index (χ1) is 16.6. The zero-order chi connectivity index (χ0) is 23.5. The molecule has 2 N–H and O–H groups in total. The first-order valence-electron chi connectivity index (χ1n) is 11.3. The van der Waals surface area contributed by atoms with Gasteiger partial charge in [0.2, 0.25) is 0 Å². The van der Waals surface area contributed by atoms with E-state index < -0.39 is 0 Å². The van der Waals surface area contributed by atoms with Crippen molar-refractivity contribution in [2.45, 2.75) is 32.9 Å². The van der Waals surface area contributed by atoms with Crippen LogP contribution in [0.3, 0.4) is 0 Å². The predicted molar refractivity (Wildman–Crippen MR) is 133 cm³/mol. The minimum absolute atomic E-state index is 0.254. The summed E-state index contributed by atoms with van der Waals surface area (Å²) in [6, 6.07) is 9.06. The van der Waals surface area contributed by atoms with E-state index in [1.54, 1.807) is 30.6 Å². The van der Waals surface area contributed by atoms with E-state index in [1.165, 1.54) is 19.2 Å². The molecule has 5 rings (SSSR count). The van der Waals surface area contributed by atoms with Crippen LogP contribution in [-0.2, 0) is 13.2 Å². The number of thiazole rings is 1. The first kappa shape index (κ1) is 22.4. The van der Waals surface area contributed by atoms with Crippen molar-refractivity contribution < 1.29 is 14.6 Å². The fraction of sp³-hybridized carbons (Fsp3) is 0.320. The third-order valence-corrected chi connectivity index (χ3v) is 6.80. The molecule has 0 bridgehead atoms. The molecule has 176 valence electrons. The summed E-state index contributed by atoms with van der Waals surface area (Å²) in [4.78, 5) is 16.0. The summed E-state index contributed by atoms with van der Waals surface area (Å²) in [6.07, 6.45) is 4.07. The van der Waals surface area contributed by atoms with E-state index in [2.05, 4.69) is 25.6 Å². The van der Waals surface area contributed by atoms with E-state index in [0.29, 0.717) is 23.9 Å². The highest BCUT2D eigenvalue weighted by Crippen LogP contribution is 2.35. The molecule has 0 radical (unpaired) electrons. The molecule has 8 nitrogen and oxygen atoms in total. The summed E-state index contributed by atoms with van der Waals surface area (Å²) in [6.45, 7) is 5.44. The molecule has 1 saturated heterocycles. The Hall–Kier alpha value is -3.43. The average Bonchev–Trinajstić information content (AvgIpc) is 3.52. The SMILES string of the molecule is COc1cc2c(Nc3ccc(O)c(C)c3)ncnc2cc1OCc1csc(CN2CCCC2)n1. The van der Waals surface area contributed by atoms with Gasteiger partial charge in [0.1, 0.15) is 29.5 Å². The summed E-state index contributed by atoms with van der Waals surface area (Å²) >= 11 is 1.68. The van der Waals surface area contributed by atoms with E-state index >= 15 is 0 Å². The van der Waals surface area contributed by atoms with Crippen LogP contribution in [0.5, 0.6) is 17.2 Å². The third-order valence-electron chi connectivity index (χ3n) is 5.91. The van der Waals surface area contributed by atoms with E-state index in [0.717, 1.165) is 52.5 Å². The lowest BCUT2D eigenvalue weighted by molar-refractivity contribution is 0.280. The number of rotatable bonds is 8. The largest absolute Gasteiger partial charge is 0.508 e. The summed E-state index contributed by atoms with van der Waals surface area (Å²) in [7, 11) is 1.62. The number of phenols is 1. The fourth-order valence-corrected chi connectivity index (χ4v) is 4.90. The Morgan fingerprint density at radius 2 is 1.97 bits per heavy atom. The number of nitrogens with one attached hydrogen (secondary N) is 1. The normalized spacial score (nSPS) is 13.9. The van der Waals surface area contributed by atoms with E-state index in [4.69, 9.17) is 14.5 Å². The van der Waals surface area contributed by atoms with Gasteiger partial charge in [-0.25, -0.2) is 15.0 Å². The number of hydrogen-bond donors (Lipinski definition) is 2. The molecule has 1 aliphatic heterocycles. The standard InChI is InChI=1S/C25H27N5O3S/c1-16-9-17(5-6-21(16)31)29-25-19-10-22(32-2)23(11-20(19)26-15-27-25)33-13-18-14-34-24(28-18)12-30-7-3-4-8-30/h5-6,9-11,14-15,31H,3-4,7-8,12-13H2,1-2H3,(H,26,27,29). The molecule has 0 unspecified atom stereocenters. The second-order valence-corrected chi connectivity index (χ2v) is 9.32. The van der Waals surface area contributed by atoms with Crippen LogP contribution in [0, 0.1) is 6.92 Å². The van der Waals surface area contributed by atoms with Crippen LogP contribution in [0.4, 0.5) is 11.5 Å². The highest BCUT2D eigenvalue weighted by molar-refractivity contribution is 7.09. The first-order valence-corrected chi connectivity index (χ1v) is 12.1. The molecule has 0 saturated carbocycles. The van der Waals surface area contributed by atoms with Gasteiger partial charge in [-0.05, 0) is 62.7 Å². The van der Waals surface area contributed by atoms with Crippen molar-refractivity contribution >= 4 is 33.7 Å². The van der Waals surface area contributed by atoms with Crippen molar-refractivity contribution in [1.29, 1.82) is 0 Å². The number of likely N-dealkylation sites (tertiary alicyclic amines) is 1. The number of hydrogen-bond acceptors (Lipinski definition) is 9. The van der Waals surface area contributed by atoms with E-state index in [9.17, 15) is 5.11 Å². The van der Waals surface area contributed by atoms with E-state index in [1.807, 2.05) is 25.1 Å². The maximum atomic E-state index is 9.79. The molecule has 0 spiro atoms.